The van der Waals surface area contributed by atoms with Crippen molar-refractivity contribution in [3.63, 3.8) is 0 Å². The molecule has 1 aromatic heterocycles. The van der Waals surface area contributed by atoms with Crippen LogP contribution >= 0.6 is 11.6 Å². The molecule has 4 rings (SSSR count). The van der Waals surface area contributed by atoms with Gasteiger partial charge in [0.05, 0.1) is 10.5 Å². The Labute approximate surface area is 168 Å². The Morgan fingerprint density at radius 1 is 1.25 bits per heavy atom. The highest BCUT2D eigenvalue weighted by molar-refractivity contribution is 6.30. The van der Waals surface area contributed by atoms with Crippen molar-refractivity contribution in [3.8, 4) is 0 Å². The molecule has 0 unspecified atom stereocenters. The summed E-state index contributed by atoms with van der Waals surface area (Å²) in [4.78, 5) is 9.38. The van der Waals surface area contributed by atoms with Gasteiger partial charge in [0.25, 0.3) is 0 Å². The molecule has 0 bridgehead atoms. The number of aromatic nitrogens is 2. The normalized spacial score (nSPS) is 14.9. The zero-order valence-corrected chi connectivity index (χ0v) is 16.4. The summed E-state index contributed by atoms with van der Waals surface area (Å²) in [6.07, 6.45) is 3.20. The first-order valence-electron chi connectivity index (χ1n) is 9.53. The molecule has 2 aromatic carbocycles. The molecule has 4 N–H and O–H groups in total. The molecule has 1 fully saturated rings. The van der Waals surface area contributed by atoms with E-state index in [4.69, 9.17) is 22.3 Å². The number of nitrogens with two attached hydrogens (primary N) is 1. The second-order valence-corrected chi connectivity index (χ2v) is 7.68. The zero-order chi connectivity index (χ0) is 19.7. The fraction of sp³-hybridized carbons (Fsp3) is 0.333. The smallest absolute Gasteiger partial charge is 0.229 e. The van der Waals surface area contributed by atoms with Crippen molar-refractivity contribution < 1.29 is 4.39 Å². The van der Waals surface area contributed by atoms with Crippen LogP contribution in [-0.2, 0) is 6.42 Å². The standard InChI is InChI=1S/C21H23ClFN5/c1-12(13-5-6-13)25-20-16-4-2-3-14(9-10-24)19(16)27-21(28-20)26-15-7-8-17(22)18(23)11-15/h2-4,7-8,11-13H,5-6,9-10,24H2,1H3,(H2,25,26,27,28)/t12-/m1/s1. The summed E-state index contributed by atoms with van der Waals surface area (Å²) in [5.74, 6) is 1.38. The second-order valence-electron chi connectivity index (χ2n) is 7.27. The van der Waals surface area contributed by atoms with E-state index in [1.54, 1.807) is 6.07 Å². The van der Waals surface area contributed by atoms with Crippen LogP contribution in [0, 0.1) is 11.7 Å². The summed E-state index contributed by atoms with van der Waals surface area (Å²) >= 11 is 5.78. The lowest BCUT2D eigenvalue weighted by Gasteiger charge is -2.17. The van der Waals surface area contributed by atoms with Crippen LogP contribution in [-0.4, -0.2) is 22.6 Å². The van der Waals surface area contributed by atoms with E-state index in [-0.39, 0.29) is 5.02 Å². The van der Waals surface area contributed by atoms with Gasteiger partial charge >= 0.3 is 0 Å². The average Bonchev–Trinajstić information content (AvgIpc) is 3.51. The van der Waals surface area contributed by atoms with Gasteiger partial charge in [-0.15, -0.1) is 0 Å². The first-order chi connectivity index (χ1) is 13.5. The number of anilines is 3. The Morgan fingerprint density at radius 3 is 2.79 bits per heavy atom. The van der Waals surface area contributed by atoms with E-state index in [9.17, 15) is 4.39 Å². The molecule has 1 aliphatic carbocycles. The highest BCUT2D eigenvalue weighted by atomic mass is 35.5. The summed E-state index contributed by atoms with van der Waals surface area (Å²) in [7, 11) is 0. The largest absolute Gasteiger partial charge is 0.367 e. The van der Waals surface area contributed by atoms with Crippen molar-refractivity contribution >= 4 is 40.0 Å². The van der Waals surface area contributed by atoms with Gasteiger partial charge in [-0.3, -0.25) is 0 Å². The van der Waals surface area contributed by atoms with Crippen LogP contribution in [0.3, 0.4) is 0 Å². The third kappa shape index (κ3) is 4.03. The quantitative estimate of drug-likeness (QED) is 0.528. The van der Waals surface area contributed by atoms with Crippen LogP contribution in [0.15, 0.2) is 36.4 Å². The van der Waals surface area contributed by atoms with E-state index in [0.29, 0.717) is 30.1 Å². The Morgan fingerprint density at radius 2 is 2.07 bits per heavy atom. The molecular formula is C21H23ClFN5. The fourth-order valence-electron chi connectivity index (χ4n) is 3.37. The van der Waals surface area contributed by atoms with Crippen molar-refractivity contribution in [1.29, 1.82) is 0 Å². The van der Waals surface area contributed by atoms with Crippen molar-refractivity contribution in [2.75, 3.05) is 17.2 Å². The van der Waals surface area contributed by atoms with Crippen molar-refractivity contribution in [2.24, 2.45) is 11.7 Å². The van der Waals surface area contributed by atoms with Gasteiger partial charge < -0.3 is 16.4 Å². The SMILES string of the molecule is C[C@@H](Nc1nc(Nc2ccc(Cl)c(F)c2)nc2c(CCN)cccc12)C1CC1. The molecule has 1 heterocycles. The van der Waals surface area contributed by atoms with Crippen molar-refractivity contribution in [1.82, 2.24) is 9.97 Å². The summed E-state index contributed by atoms with van der Waals surface area (Å²) in [5.41, 5.74) is 8.24. The molecule has 5 nitrogen and oxygen atoms in total. The summed E-state index contributed by atoms with van der Waals surface area (Å²) in [6, 6.07) is 10.9. The first kappa shape index (κ1) is 18.9. The summed E-state index contributed by atoms with van der Waals surface area (Å²) in [5, 5.41) is 7.69. The third-order valence-electron chi connectivity index (χ3n) is 5.09. The van der Waals surface area contributed by atoms with Gasteiger partial charge in [-0.05, 0) is 68.5 Å². The topological polar surface area (TPSA) is 75.9 Å². The van der Waals surface area contributed by atoms with Gasteiger partial charge in [-0.25, -0.2) is 9.37 Å². The zero-order valence-electron chi connectivity index (χ0n) is 15.7. The third-order valence-corrected chi connectivity index (χ3v) is 5.40. The summed E-state index contributed by atoms with van der Waals surface area (Å²) < 4.78 is 13.8. The number of para-hydroxylation sites is 1. The average molecular weight is 400 g/mol. The van der Waals surface area contributed by atoms with Crippen molar-refractivity contribution in [2.45, 2.75) is 32.2 Å². The number of hydrogen-bond donors (Lipinski definition) is 3. The van der Waals surface area contributed by atoms with E-state index < -0.39 is 5.82 Å². The van der Waals surface area contributed by atoms with Crippen LogP contribution in [0.1, 0.15) is 25.3 Å². The number of benzene rings is 2. The van der Waals surface area contributed by atoms with Crippen LogP contribution in [0.4, 0.5) is 21.8 Å². The summed E-state index contributed by atoms with van der Waals surface area (Å²) in [6.45, 7) is 2.71. The van der Waals surface area contributed by atoms with Crippen LogP contribution in [0.25, 0.3) is 10.9 Å². The minimum Gasteiger partial charge on any atom is -0.367 e. The van der Waals surface area contributed by atoms with Gasteiger partial charge in [0, 0.05) is 17.1 Å². The molecule has 0 radical (unpaired) electrons. The Bertz CT molecular complexity index is 1010. The van der Waals surface area contributed by atoms with Crippen LogP contribution in [0.5, 0.6) is 0 Å². The predicted octanol–water partition coefficient (Wildman–Crippen LogP) is 4.88. The molecule has 3 aromatic rings. The van der Waals surface area contributed by atoms with Gasteiger partial charge in [-0.2, -0.15) is 4.98 Å². The minimum absolute atomic E-state index is 0.0795. The molecular weight excluding hydrogens is 377 g/mol. The highest BCUT2D eigenvalue weighted by Gasteiger charge is 2.28. The molecule has 0 aliphatic heterocycles. The highest BCUT2D eigenvalue weighted by Crippen LogP contribution is 2.35. The lowest BCUT2D eigenvalue weighted by Crippen LogP contribution is -2.19. The maximum absolute atomic E-state index is 13.8. The Balaban J connectivity index is 1.76. The van der Waals surface area contributed by atoms with Gasteiger partial charge in [-0.1, -0.05) is 23.7 Å². The van der Waals surface area contributed by atoms with E-state index in [1.165, 1.54) is 25.0 Å². The van der Waals surface area contributed by atoms with Gasteiger partial charge in [0.2, 0.25) is 5.95 Å². The monoisotopic (exact) mass is 399 g/mol. The predicted molar refractivity (Wildman–Crippen MR) is 113 cm³/mol. The van der Waals surface area contributed by atoms with Crippen LogP contribution in [0.2, 0.25) is 5.02 Å². The fourth-order valence-corrected chi connectivity index (χ4v) is 3.48. The van der Waals surface area contributed by atoms with E-state index >= 15 is 0 Å². The Hall–Kier alpha value is -2.44. The molecule has 28 heavy (non-hydrogen) atoms. The molecule has 0 amide bonds. The maximum Gasteiger partial charge on any atom is 0.229 e. The molecule has 1 atom stereocenters. The number of halogens is 2. The number of rotatable bonds is 7. The van der Waals surface area contributed by atoms with Crippen molar-refractivity contribution in [3.05, 3.63) is 52.8 Å². The maximum atomic E-state index is 13.8. The lowest BCUT2D eigenvalue weighted by atomic mass is 10.1. The molecule has 1 saturated carbocycles. The molecule has 7 heteroatoms. The number of hydrogen-bond acceptors (Lipinski definition) is 5. The first-order valence-corrected chi connectivity index (χ1v) is 9.91. The van der Waals surface area contributed by atoms with E-state index in [2.05, 4.69) is 22.5 Å². The van der Waals surface area contributed by atoms with E-state index in [1.807, 2.05) is 18.2 Å². The number of nitrogens with one attached hydrogen (secondary N) is 2. The van der Waals surface area contributed by atoms with Crippen LogP contribution < -0.4 is 16.4 Å². The number of fused-ring (bicyclic) bond motifs is 1. The molecule has 0 saturated heterocycles. The van der Waals surface area contributed by atoms with Gasteiger partial charge in [0.15, 0.2) is 0 Å². The molecule has 1 aliphatic rings. The Kier molecular flexibility index (Phi) is 5.33. The molecule has 146 valence electrons. The van der Waals surface area contributed by atoms with Gasteiger partial charge in [0.1, 0.15) is 11.6 Å². The number of nitrogens with zero attached hydrogens (tertiary/aromatic N) is 2. The minimum atomic E-state index is -0.489. The molecule has 0 spiro atoms. The second kappa shape index (κ2) is 7.89. The van der Waals surface area contributed by atoms with E-state index in [0.717, 1.165) is 28.7 Å². The lowest BCUT2D eigenvalue weighted by molar-refractivity contribution is 0.629.